The summed E-state index contributed by atoms with van der Waals surface area (Å²) in [5.41, 5.74) is 0. The van der Waals surface area contributed by atoms with Crippen LogP contribution in [0.3, 0.4) is 0 Å². The molecule has 0 aliphatic carbocycles. The maximum atomic E-state index is 12.2. The lowest BCUT2D eigenvalue weighted by Gasteiger charge is -2.26. The van der Waals surface area contributed by atoms with E-state index >= 15 is 0 Å². The first-order chi connectivity index (χ1) is 10.6. The highest BCUT2D eigenvalue weighted by Gasteiger charge is 2.26. The van der Waals surface area contributed by atoms with Gasteiger partial charge in [-0.1, -0.05) is 6.07 Å². The normalized spacial score (nSPS) is 16.7. The maximum absolute atomic E-state index is 12.2. The van der Waals surface area contributed by atoms with Crippen molar-refractivity contribution in [3.63, 3.8) is 0 Å². The summed E-state index contributed by atoms with van der Waals surface area (Å²) in [7, 11) is 0. The Morgan fingerprint density at radius 1 is 1.36 bits per heavy atom. The van der Waals surface area contributed by atoms with Gasteiger partial charge >= 0.3 is 5.97 Å². The van der Waals surface area contributed by atoms with Crippen LogP contribution in [0.4, 0.5) is 0 Å². The molecule has 1 atom stereocenters. The molecule has 2 amide bonds. The fourth-order valence-electron chi connectivity index (χ4n) is 2.29. The van der Waals surface area contributed by atoms with E-state index in [0.717, 1.165) is 25.9 Å². The van der Waals surface area contributed by atoms with Gasteiger partial charge in [0.2, 0.25) is 5.91 Å². The molecule has 0 radical (unpaired) electrons. The summed E-state index contributed by atoms with van der Waals surface area (Å²) in [4.78, 5) is 35.6. The molecule has 8 heteroatoms. The quantitative estimate of drug-likeness (QED) is 0.597. The first-order valence-corrected chi connectivity index (χ1v) is 8.01. The van der Waals surface area contributed by atoms with E-state index < -0.39 is 30.2 Å². The van der Waals surface area contributed by atoms with Gasteiger partial charge in [0.15, 0.2) is 0 Å². The van der Waals surface area contributed by atoms with Gasteiger partial charge in [0.25, 0.3) is 5.91 Å². The summed E-state index contributed by atoms with van der Waals surface area (Å²) in [6, 6.07) is 2.30. The van der Waals surface area contributed by atoms with Crippen molar-refractivity contribution in [2.75, 3.05) is 13.1 Å². The Balaban J connectivity index is 1.96. The first-order valence-electron chi connectivity index (χ1n) is 7.13. The molecule has 0 unspecified atom stereocenters. The third kappa shape index (κ3) is 4.81. The number of piperidine rings is 1. The molecule has 1 aliphatic heterocycles. The lowest BCUT2D eigenvalue weighted by Crippen LogP contribution is -2.52. The van der Waals surface area contributed by atoms with E-state index in [4.69, 9.17) is 5.11 Å². The van der Waals surface area contributed by atoms with E-state index in [1.165, 1.54) is 11.3 Å². The number of rotatable bonds is 6. The number of hydrogen-bond acceptors (Lipinski definition) is 5. The zero-order chi connectivity index (χ0) is 15.9. The molecular formula is C14H19N3O4S. The average Bonchev–Trinajstić information content (AvgIpc) is 3.01. The van der Waals surface area contributed by atoms with E-state index in [-0.39, 0.29) is 6.04 Å². The molecule has 2 rings (SSSR count). The number of carbonyl (C=O) groups is 3. The predicted octanol–water partition coefficient (Wildman–Crippen LogP) is 0.189. The number of carboxylic acid groups (broad SMARTS) is 1. The van der Waals surface area contributed by atoms with Crippen molar-refractivity contribution >= 4 is 29.1 Å². The maximum Gasteiger partial charge on any atom is 0.305 e. The van der Waals surface area contributed by atoms with Crippen LogP contribution in [0.1, 0.15) is 28.9 Å². The highest BCUT2D eigenvalue weighted by atomic mass is 32.1. The molecule has 1 aromatic heterocycles. The van der Waals surface area contributed by atoms with Crippen molar-refractivity contribution in [3.05, 3.63) is 22.4 Å². The Bertz CT molecular complexity index is 526. The zero-order valence-electron chi connectivity index (χ0n) is 12.0. The Labute approximate surface area is 132 Å². The van der Waals surface area contributed by atoms with Gasteiger partial charge < -0.3 is 21.1 Å². The Morgan fingerprint density at radius 2 is 2.09 bits per heavy atom. The molecule has 0 aromatic carbocycles. The lowest BCUT2D eigenvalue weighted by atomic mass is 10.1. The van der Waals surface area contributed by atoms with E-state index in [1.54, 1.807) is 17.5 Å². The minimum absolute atomic E-state index is 0.0173. The third-order valence-corrected chi connectivity index (χ3v) is 4.30. The van der Waals surface area contributed by atoms with Crippen molar-refractivity contribution in [1.82, 2.24) is 16.0 Å². The largest absolute Gasteiger partial charge is 0.481 e. The van der Waals surface area contributed by atoms with Gasteiger partial charge in [-0.05, 0) is 37.4 Å². The van der Waals surface area contributed by atoms with Crippen molar-refractivity contribution in [3.8, 4) is 0 Å². The van der Waals surface area contributed by atoms with Crippen molar-refractivity contribution in [2.45, 2.75) is 31.3 Å². The van der Waals surface area contributed by atoms with Gasteiger partial charge in [-0.25, -0.2) is 0 Å². The van der Waals surface area contributed by atoms with E-state index in [2.05, 4.69) is 16.0 Å². The minimum Gasteiger partial charge on any atom is -0.481 e. The lowest BCUT2D eigenvalue weighted by molar-refractivity contribution is -0.140. The number of aliphatic carboxylic acids is 1. The first kappa shape index (κ1) is 16.4. The second-order valence-corrected chi connectivity index (χ2v) is 6.08. The second kappa shape index (κ2) is 7.90. The molecule has 2 heterocycles. The van der Waals surface area contributed by atoms with Crippen LogP contribution in [0.5, 0.6) is 0 Å². The number of hydrogen-bond donors (Lipinski definition) is 4. The van der Waals surface area contributed by atoms with Crippen molar-refractivity contribution < 1.29 is 19.5 Å². The van der Waals surface area contributed by atoms with Crippen molar-refractivity contribution in [1.29, 1.82) is 0 Å². The summed E-state index contributed by atoms with van der Waals surface area (Å²) >= 11 is 1.24. The van der Waals surface area contributed by atoms with Crippen LogP contribution in [0.2, 0.25) is 0 Å². The monoisotopic (exact) mass is 325 g/mol. The molecule has 0 spiro atoms. The van der Waals surface area contributed by atoms with Crippen molar-refractivity contribution in [2.24, 2.45) is 0 Å². The fraction of sp³-hybridized carbons (Fsp3) is 0.500. The molecule has 7 nitrogen and oxygen atoms in total. The van der Waals surface area contributed by atoms with Gasteiger partial charge in [-0.3, -0.25) is 14.4 Å². The fourth-order valence-corrected chi connectivity index (χ4v) is 2.92. The molecule has 22 heavy (non-hydrogen) atoms. The van der Waals surface area contributed by atoms with Crippen LogP contribution in [0.25, 0.3) is 0 Å². The molecule has 1 aliphatic rings. The second-order valence-electron chi connectivity index (χ2n) is 5.13. The highest BCUT2D eigenvalue weighted by Crippen LogP contribution is 2.09. The van der Waals surface area contributed by atoms with E-state index in [1.807, 2.05) is 0 Å². The summed E-state index contributed by atoms with van der Waals surface area (Å²) in [6.07, 6.45) is 1.16. The zero-order valence-corrected chi connectivity index (χ0v) is 12.8. The van der Waals surface area contributed by atoms with Crippen LogP contribution < -0.4 is 16.0 Å². The molecule has 0 saturated carbocycles. The Kier molecular flexibility index (Phi) is 5.91. The minimum atomic E-state index is -1.13. The number of thiophene rings is 1. The van der Waals surface area contributed by atoms with E-state index in [9.17, 15) is 14.4 Å². The van der Waals surface area contributed by atoms with Gasteiger partial charge in [0.05, 0.1) is 11.3 Å². The summed E-state index contributed by atoms with van der Waals surface area (Å²) in [5, 5.41) is 19.2. The van der Waals surface area contributed by atoms with Crippen LogP contribution in [-0.2, 0) is 9.59 Å². The number of nitrogens with one attached hydrogen (secondary N) is 3. The molecule has 1 aromatic rings. The van der Waals surface area contributed by atoms with Gasteiger partial charge in [0, 0.05) is 6.04 Å². The van der Waals surface area contributed by atoms with Crippen LogP contribution >= 0.6 is 11.3 Å². The van der Waals surface area contributed by atoms with Gasteiger partial charge in [-0.2, -0.15) is 0 Å². The summed E-state index contributed by atoms with van der Waals surface area (Å²) < 4.78 is 0. The van der Waals surface area contributed by atoms with Gasteiger partial charge in [0.1, 0.15) is 6.04 Å². The predicted molar refractivity (Wildman–Crippen MR) is 81.9 cm³/mol. The number of amides is 2. The van der Waals surface area contributed by atoms with Crippen LogP contribution in [0, 0.1) is 0 Å². The standard InChI is InChI=1S/C14H19N3O4S/c18-12(19)8-10(17-14(21)11-2-1-7-22-11)13(20)16-9-3-5-15-6-4-9/h1-2,7,9-10,15H,3-6,8H2,(H,16,20)(H,17,21)(H,18,19)/t10-/m0/s1. The third-order valence-electron chi connectivity index (χ3n) is 3.43. The summed E-state index contributed by atoms with van der Waals surface area (Å²) in [5.74, 6) is -2.00. The average molecular weight is 325 g/mol. The smallest absolute Gasteiger partial charge is 0.305 e. The van der Waals surface area contributed by atoms with Crippen LogP contribution in [0.15, 0.2) is 17.5 Å². The van der Waals surface area contributed by atoms with Gasteiger partial charge in [-0.15, -0.1) is 11.3 Å². The molecular weight excluding hydrogens is 306 g/mol. The Hall–Kier alpha value is -1.93. The van der Waals surface area contributed by atoms with E-state index in [0.29, 0.717) is 4.88 Å². The molecule has 1 saturated heterocycles. The molecule has 120 valence electrons. The highest BCUT2D eigenvalue weighted by molar-refractivity contribution is 7.12. The molecule has 0 bridgehead atoms. The van der Waals surface area contributed by atoms with Crippen LogP contribution in [-0.4, -0.2) is 48.1 Å². The topological polar surface area (TPSA) is 108 Å². The Morgan fingerprint density at radius 3 is 2.68 bits per heavy atom. The molecule has 1 fully saturated rings. The molecule has 4 N–H and O–H groups in total. The number of carboxylic acids is 1. The summed E-state index contributed by atoms with van der Waals surface area (Å²) in [6.45, 7) is 1.63. The SMILES string of the molecule is O=C(O)C[C@H](NC(=O)c1cccs1)C(=O)NC1CCNCC1. The number of carbonyl (C=O) groups excluding carboxylic acids is 2.